The van der Waals surface area contributed by atoms with Crippen molar-refractivity contribution in [2.45, 2.75) is 26.1 Å². The SMILES string of the molecule is CC(C(=O)S)c1scc(-c2ccc(OCc3ccc4ccccc4n3)cc2)c1-c1ccc(OCc2ccc3ccccc3n2)cc1. The van der Waals surface area contributed by atoms with E-state index in [0.717, 1.165) is 71.8 Å². The van der Waals surface area contributed by atoms with Crippen LogP contribution in [0.3, 0.4) is 0 Å². The van der Waals surface area contributed by atoms with Gasteiger partial charge in [-0.15, -0.1) is 24.0 Å². The topological polar surface area (TPSA) is 61.3 Å². The molecule has 4 aromatic carbocycles. The van der Waals surface area contributed by atoms with Crippen LogP contribution in [0.15, 0.2) is 127 Å². The van der Waals surface area contributed by atoms with E-state index in [2.05, 4.69) is 48.3 Å². The van der Waals surface area contributed by atoms with Crippen LogP contribution in [0, 0.1) is 0 Å². The Balaban J connectivity index is 1.10. The summed E-state index contributed by atoms with van der Waals surface area (Å²) in [6, 6.07) is 40.3. The zero-order valence-electron chi connectivity index (χ0n) is 25.1. The number of thiophene rings is 1. The molecule has 3 aromatic heterocycles. The number of para-hydroxylation sites is 2. The number of carbonyl (C=O) groups excluding carboxylic acids is 1. The fraction of sp³-hybridized carbons (Fsp3) is 0.103. The van der Waals surface area contributed by atoms with Gasteiger partial charge in [0, 0.05) is 26.8 Å². The van der Waals surface area contributed by atoms with Crippen molar-refractivity contribution in [3.05, 3.63) is 143 Å². The van der Waals surface area contributed by atoms with Gasteiger partial charge < -0.3 is 9.47 Å². The second-order valence-electron chi connectivity index (χ2n) is 11.1. The maximum absolute atomic E-state index is 12.4. The Morgan fingerprint density at radius 1 is 0.674 bits per heavy atom. The van der Waals surface area contributed by atoms with Gasteiger partial charge in [0.15, 0.2) is 5.12 Å². The lowest BCUT2D eigenvalue weighted by Gasteiger charge is -2.13. The molecule has 0 N–H and O–H groups in total. The molecule has 1 unspecified atom stereocenters. The fourth-order valence-corrected chi connectivity index (χ4v) is 6.83. The first kappa shape index (κ1) is 29.7. The Labute approximate surface area is 276 Å². The van der Waals surface area contributed by atoms with Crippen molar-refractivity contribution >= 4 is 50.9 Å². The summed E-state index contributed by atoms with van der Waals surface area (Å²) in [5.41, 5.74) is 7.77. The average Bonchev–Trinajstić information content (AvgIpc) is 3.55. The van der Waals surface area contributed by atoms with E-state index < -0.39 is 0 Å². The second-order valence-corrected chi connectivity index (χ2v) is 12.4. The third kappa shape index (κ3) is 6.38. The molecule has 3 heterocycles. The Morgan fingerprint density at radius 3 is 1.70 bits per heavy atom. The Morgan fingerprint density at radius 2 is 1.17 bits per heavy atom. The van der Waals surface area contributed by atoms with Crippen LogP contribution in [0.1, 0.15) is 29.1 Å². The summed E-state index contributed by atoms with van der Waals surface area (Å²) in [6.45, 7) is 2.65. The first-order valence-corrected chi connectivity index (χ1v) is 16.3. The molecule has 7 aromatic rings. The molecule has 5 nitrogen and oxygen atoms in total. The van der Waals surface area contributed by atoms with E-state index >= 15 is 0 Å². The minimum absolute atomic E-state index is 0.163. The van der Waals surface area contributed by atoms with Gasteiger partial charge in [-0.2, -0.15) is 0 Å². The van der Waals surface area contributed by atoms with Crippen molar-refractivity contribution < 1.29 is 14.3 Å². The van der Waals surface area contributed by atoms with Crippen LogP contribution in [-0.4, -0.2) is 15.1 Å². The zero-order chi connectivity index (χ0) is 31.5. The van der Waals surface area contributed by atoms with E-state index in [1.165, 1.54) is 0 Å². The summed E-state index contributed by atoms with van der Waals surface area (Å²) in [5, 5.41) is 4.16. The van der Waals surface area contributed by atoms with Crippen LogP contribution in [0.5, 0.6) is 11.5 Å². The number of fused-ring (bicyclic) bond motifs is 2. The molecule has 1 atom stereocenters. The van der Waals surface area contributed by atoms with Gasteiger partial charge >= 0.3 is 0 Å². The molecule has 0 spiro atoms. The molecular weight excluding hydrogens is 609 g/mol. The van der Waals surface area contributed by atoms with E-state index in [1.807, 2.05) is 97.9 Å². The van der Waals surface area contributed by atoms with E-state index in [0.29, 0.717) is 13.2 Å². The lowest BCUT2D eigenvalue weighted by atomic mass is 9.93. The van der Waals surface area contributed by atoms with Gasteiger partial charge in [-0.05, 0) is 72.0 Å². The third-order valence-corrected chi connectivity index (χ3v) is 9.53. The van der Waals surface area contributed by atoms with Crippen LogP contribution >= 0.6 is 24.0 Å². The van der Waals surface area contributed by atoms with Crippen molar-refractivity contribution in [1.82, 2.24) is 9.97 Å². The second kappa shape index (κ2) is 13.2. The number of aromatic nitrogens is 2. The summed E-state index contributed by atoms with van der Waals surface area (Å²) in [7, 11) is 0. The molecule has 0 aliphatic carbocycles. The Kier molecular flexibility index (Phi) is 8.51. The summed E-state index contributed by atoms with van der Waals surface area (Å²) >= 11 is 5.75. The number of nitrogens with zero attached hydrogens (tertiary/aromatic N) is 2. The molecule has 0 radical (unpaired) electrons. The van der Waals surface area contributed by atoms with Crippen LogP contribution in [0.25, 0.3) is 44.1 Å². The van der Waals surface area contributed by atoms with E-state index in [4.69, 9.17) is 19.4 Å². The number of carbonyl (C=O) groups is 1. The van der Waals surface area contributed by atoms with Gasteiger partial charge in [-0.25, -0.2) is 9.97 Å². The number of hydrogen-bond acceptors (Lipinski definition) is 6. The summed E-state index contributed by atoms with van der Waals surface area (Å²) in [5.74, 6) is 1.17. The molecule has 0 amide bonds. The highest BCUT2D eigenvalue weighted by Gasteiger charge is 2.23. The van der Waals surface area contributed by atoms with Crippen molar-refractivity contribution in [3.8, 4) is 33.8 Å². The zero-order valence-corrected chi connectivity index (χ0v) is 26.8. The summed E-state index contributed by atoms with van der Waals surface area (Å²) in [4.78, 5) is 22.8. The molecule has 7 rings (SSSR count). The van der Waals surface area contributed by atoms with Gasteiger partial charge in [0.2, 0.25) is 0 Å². The van der Waals surface area contributed by atoms with E-state index in [-0.39, 0.29) is 11.0 Å². The van der Waals surface area contributed by atoms with E-state index in [1.54, 1.807) is 11.3 Å². The number of benzene rings is 4. The number of thiol groups is 1. The monoisotopic (exact) mass is 638 g/mol. The first-order chi connectivity index (χ1) is 22.5. The quantitative estimate of drug-likeness (QED) is 0.151. The van der Waals surface area contributed by atoms with Crippen LogP contribution in [0.2, 0.25) is 0 Å². The molecule has 0 aliphatic heterocycles. The van der Waals surface area contributed by atoms with Gasteiger partial charge in [0.05, 0.1) is 28.3 Å². The van der Waals surface area contributed by atoms with E-state index in [9.17, 15) is 4.79 Å². The number of hydrogen-bond donors (Lipinski definition) is 1. The van der Waals surface area contributed by atoms with Crippen molar-refractivity contribution in [2.24, 2.45) is 0 Å². The molecule has 0 aliphatic rings. The fourth-order valence-electron chi connectivity index (χ4n) is 5.45. The van der Waals surface area contributed by atoms with Crippen molar-refractivity contribution in [1.29, 1.82) is 0 Å². The first-order valence-electron chi connectivity index (χ1n) is 15.0. The Hall–Kier alpha value is -4.98. The summed E-state index contributed by atoms with van der Waals surface area (Å²) in [6.07, 6.45) is 0. The largest absolute Gasteiger partial charge is 0.487 e. The predicted octanol–water partition coefficient (Wildman–Crippen LogP) is 9.90. The summed E-state index contributed by atoms with van der Waals surface area (Å²) < 4.78 is 12.2. The molecular formula is C39H30N2O3S2. The van der Waals surface area contributed by atoms with Gasteiger partial charge in [0.25, 0.3) is 0 Å². The maximum Gasteiger partial charge on any atom is 0.193 e. The standard InChI is InChI=1S/C39H30N2O3S2/c1-25(39(42)45)38-37(29-14-20-33(21-15-29)44-23-31-17-11-28-7-3-5-9-36(28)41-31)34(24-46-38)26-12-18-32(19-13-26)43-22-30-16-10-27-6-2-4-8-35(27)40-30/h2-21,24-25H,22-23H2,1H3,(H,42,45). The average molecular weight is 639 g/mol. The highest BCUT2D eigenvalue weighted by atomic mass is 32.1. The van der Waals surface area contributed by atoms with Crippen LogP contribution < -0.4 is 9.47 Å². The van der Waals surface area contributed by atoms with Crippen LogP contribution in [0.4, 0.5) is 0 Å². The normalized spacial score (nSPS) is 11.9. The van der Waals surface area contributed by atoms with Gasteiger partial charge in [-0.3, -0.25) is 4.79 Å². The van der Waals surface area contributed by atoms with Gasteiger partial charge in [-0.1, -0.05) is 72.8 Å². The molecule has 226 valence electrons. The molecule has 0 saturated heterocycles. The van der Waals surface area contributed by atoms with Gasteiger partial charge in [0.1, 0.15) is 24.7 Å². The number of ether oxygens (including phenoxy) is 2. The predicted molar refractivity (Wildman–Crippen MR) is 190 cm³/mol. The lowest BCUT2D eigenvalue weighted by molar-refractivity contribution is -0.111. The Bertz CT molecular complexity index is 2160. The molecule has 0 bridgehead atoms. The van der Waals surface area contributed by atoms with Crippen LogP contribution in [-0.2, 0) is 18.0 Å². The third-order valence-electron chi connectivity index (χ3n) is 7.98. The maximum atomic E-state index is 12.4. The van der Waals surface area contributed by atoms with Crippen molar-refractivity contribution in [2.75, 3.05) is 0 Å². The minimum atomic E-state index is -0.343. The van der Waals surface area contributed by atoms with Crippen molar-refractivity contribution in [3.63, 3.8) is 0 Å². The molecule has 7 heteroatoms. The highest BCUT2D eigenvalue weighted by molar-refractivity contribution is 7.96. The minimum Gasteiger partial charge on any atom is -0.487 e. The smallest absolute Gasteiger partial charge is 0.193 e. The highest BCUT2D eigenvalue weighted by Crippen LogP contribution is 2.44. The molecule has 0 saturated carbocycles. The number of pyridine rings is 2. The molecule has 46 heavy (non-hydrogen) atoms. The lowest BCUT2D eigenvalue weighted by Crippen LogP contribution is -2.01. The number of rotatable bonds is 10. The molecule has 0 fully saturated rings.